The molecule has 3 heterocycles. The molecule has 0 saturated carbocycles. The Labute approximate surface area is 187 Å². The van der Waals surface area contributed by atoms with Gasteiger partial charge in [-0.3, -0.25) is 5.41 Å². The molecule has 164 valence electrons. The summed E-state index contributed by atoms with van der Waals surface area (Å²) in [5.74, 6) is 1.84. The molecule has 0 bridgehead atoms. The van der Waals surface area contributed by atoms with Crippen molar-refractivity contribution in [3.63, 3.8) is 0 Å². The molecule has 2 aromatic heterocycles. The Hall–Kier alpha value is -3.38. The van der Waals surface area contributed by atoms with Crippen LogP contribution in [0.4, 0.5) is 0 Å². The van der Waals surface area contributed by atoms with Gasteiger partial charge in [0.15, 0.2) is 0 Å². The Balaban J connectivity index is 1.59. The zero-order valence-corrected chi connectivity index (χ0v) is 18.5. The molecule has 5 rings (SSSR count). The van der Waals surface area contributed by atoms with Gasteiger partial charge in [-0.15, -0.1) is 0 Å². The van der Waals surface area contributed by atoms with Gasteiger partial charge in [-0.25, -0.2) is 4.98 Å². The van der Waals surface area contributed by atoms with Crippen molar-refractivity contribution in [2.45, 2.75) is 32.7 Å². The van der Waals surface area contributed by atoms with Crippen molar-refractivity contribution in [1.29, 1.82) is 5.41 Å². The molecule has 6 nitrogen and oxygen atoms in total. The van der Waals surface area contributed by atoms with Gasteiger partial charge < -0.3 is 18.6 Å². The van der Waals surface area contributed by atoms with Crippen molar-refractivity contribution in [2.24, 2.45) is 0 Å². The van der Waals surface area contributed by atoms with Gasteiger partial charge in [-0.1, -0.05) is 50.2 Å². The highest BCUT2D eigenvalue weighted by Crippen LogP contribution is 2.47. The van der Waals surface area contributed by atoms with E-state index in [2.05, 4.69) is 48.0 Å². The number of hydrogen-bond donors (Lipinski definition) is 1. The van der Waals surface area contributed by atoms with Gasteiger partial charge in [-0.2, -0.15) is 0 Å². The second-order valence-electron chi connectivity index (χ2n) is 8.14. The Bertz CT molecular complexity index is 1290. The van der Waals surface area contributed by atoms with Crippen LogP contribution in [0.25, 0.3) is 10.8 Å². The van der Waals surface area contributed by atoms with Crippen LogP contribution in [-0.2, 0) is 6.54 Å². The van der Waals surface area contributed by atoms with Gasteiger partial charge >= 0.3 is 0 Å². The number of fused-ring (bicyclic) bond motifs is 4. The molecule has 0 spiro atoms. The molecule has 0 radical (unpaired) electrons. The summed E-state index contributed by atoms with van der Waals surface area (Å²) in [6, 6.07) is 16.2. The lowest BCUT2D eigenvalue weighted by Crippen LogP contribution is -2.31. The van der Waals surface area contributed by atoms with Crippen LogP contribution in [0.15, 0.2) is 65.5 Å². The lowest BCUT2D eigenvalue weighted by Gasteiger charge is -2.28. The van der Waals surface area contributed by atoms with Gasteiger partial charge in [0.2, 0.25) is 5.88 Å². The average molecular weight is 429 g/mol. The van der Waals surface area contributed by atoms with E-state index in [1.54, 1.807) is 12.6 Å². The van der Waals surface area contributed by atoms with Crippen molar-refractivity contribution in [3.05, 3.63) is 83.5 Å². The summed E-state index contributed by atoms with van der Waals surface area (Å²) in [5, 5.41) is 11.2. The predicted molar refractivity (Wildman–Crippen MR) is 124 cm³/mol. The van der Waals surface area contributed by atoms with Crippen LogP contribution in [0.2, 0.25) is 0 Å². The van der Waals surface area contributed by atoms with E-state index in [9.17, 15) is 0 Å². The summed E-state index contributed by atoms with van der Waals surface area (Å²) in [4.78, 5) is 7.04. The molecule has 1 N–H and O–H groups in total. The largest absolute Gasteiger partial charge is 0.468 e. The minimum Gasteiger partial charge on any atom is -0.468 e. The van der Waals surface area contributed by atoms with E-state index in [0.29, 0.717) is 11.4 Å². The summed E-state index contributed by atoms with van der Waals surface area (Å²) < 4.78 is 14.1. The predicted octanol–water partition coefficient (Wildman–Crippen LogP) is 5.13. The first-order chi connectivity index (χ1) is 15.7. The van der Waals surface area contributed by atoms with Crippen molar-refractivity contribution in [1.82, 2.24) is 14.5 Å². The second kappa shape index (κ2) is 8.63. The maximum absolute atomic E-state index is 9.03. The number of aromatic nitrogens is 2. The van der Waals surface area contributed by atoms with Gasteiger partial charge in [0.1, 0.15) is 23.3 Å². The first-order valence-electron chi connectivity index (χ1n) is 11.3. The lowest BCUT2D eigenvalue weighted by molar-refractivity contribution is 0.291. The molecule has 2 aromatic carbocycles. The second-order valence-corrected chi connectivity index (χ2v) is 8.14. The van der Waals surface area contributed by atoms with E-state index in [0.717, 1.165) is 66.0 Å². The summed E-state index contributed by atoms with van der Waals surface area (Å²) in [5.41, 5.74) is 2.19. The molecule has 1 aliphatic rings. The van der Waals surface area contributed by atoms with E-state index in [1.165, 1.54) is 0 Å². The number of hydrogen-bond acceptors (Lipinski definition) is 5. The average Bonchev–Trinajstić information content (AvgIpc) is 3.36. The molecule has 0 aliphatic carbocycles. The third-order valence-corrected chi connectivity index (χ3v) is 6.39. The highest BCUT2D eigenvalue weighted by molar-refractivity contribution is 5.91. The highest BCUT2D eigenvalue weighted by Gasteiger charge is 2.34. The normalized spacial score (nSPS) is 14.9. The molecule has 0 fully saturated rings. The number of nitrogens with zero attached hydrogens (tertiary/aromatic N) is 3. The van der Waals surface area contributed by atoms with E-state index in [-0.39, 0.29) is 5.92 Å². The monoisotopic (exact) mass is 428 g/mol. The van der Waals surface area contributed by atoms with E-state index >= 15 is 0 Å². The number of rotatable bonds is 7. The van der Waals surface area contributed by atoms with E-state index in [1.807, 2.05) is 28.8 Å². The van der Waals surface area contributed by atoms with Crippen LogP contribution in [0.5, 0.6) is 11.6 Å². The van der Waals surface area contributed by atoms with Crippen molar-refractivity contribution >= 4 is 10.8 Å². The quantitative estimate of drug-likeness (QED) is 0.390. The fourth-order valence-corrected chi connectivity index (χ4v) is 4.63. The molecule has 6 heteroatoms. The number of benzene rings is 2. The fourth-order valence-electron chi connectivity index (χ4n) is 4.63. The van der Waals surface area contributed by atoms with Crippen LogP contribution >= 0.6 is 0 Å². The third kappa shape index (κ3) is 3.50. The summed E-state index contributed by atoms with van der Waals surface area (Å²) >= 11 is 0. The fraction of sp³-hybridized carbons (Fsp3) is 0.308. The molecule has 0 amide bonds. The number of nitrogens with one attached hydrogen (secondary N) is 1. The Kier molecular flexibility index (Phi) is 5.53. The molecular formula is C26H28N4O2. The number of aryl methyl sites for hydroxylation is 1. The van der Waals surface area contributed by atoms with Crippen molar-refractivity contribution in [3.8, 4) is 11.6 Å². The van der Waals surface area contributed by atoms with Gasteiger partial charge in [-0.05, 0) is 43.6 Å². The summed E-state index contributed by atoms with van der Waals surface area (Å²) in [7, 11) is 0. The topological polar surface area (TPSA) is 67.3 Å². The number of ether oxygens (including phenoxy) is 1. The van der Waals surface area contributed by atoms with Crippen LogP contribution in [0.3, 0.4) is 0 Å². The highest BCUT2D eigenvalue weighted by atomic mass is 16.5. The lowest BCUT2D eigenvalue weighted by atomic mass is 9.86. The van der Waals surface area contributed by atoms with Crippen LogP contribution in [0.1, 0.15) is 43.1 Å². The molecule has 1 unspecified atom stereocenters. The maximum Gasteiger partial charge on any atom is 0.228 e. The molecule has 1 atom stereocenters. The molecule has 32 heavy (non-hydrogen) atoms. The van der Waals surface area contributed by atoms with Crippen molar-refractivity contribution < 1.29 is 9.15 Å². The molecule has 0 saturated heterocycles. The van der Waals surface area contributed by atoms with Gasteiger partial charge in [0.25, 0.3) is 0 Å². The Morgan fingerprint density at radius 3 is 2.69 bits per heavy atom. The van der Waals surface area contributed by atoms with E-state index < -0.39 is 0 Å². The first-order valence-corrected chi connectivity index (χ1v) is 11.3. The maximum atomic E-state index is 9.03. The summed E-state index contributed by atoms with van der Waals surface area (Å²) in [6.45, 7) is 8.18. The summed E-state index contributed by atoms with van der Waals surface area (Å²) in [6.07, 6.45) is 4.38. The Morgan fingerprint density at radius 1 is 1.06 bits per heavy atom. The van der Waals surface area contributed by atoms with Crippen LogP contribution in [0, 0.1) is 5.41 Å². The smallest absolute Gasteiger partial charge is 0.228 e. The minimum atomic E-state index is -0.233. The number of furan rings is 1. The molecule has 4 aromatic rings. The van der Waals surface area contributed by atoms with Gasteiger partial charge in [0, 0.05) is 17.5 Å². The molecule has 1 aliphatic heterocycles. The first kappa shape index (κ1) is 20.5. The van der Waals surface area contributed by atoms with Crippen LogP contribution < -0.4 is 10.2 Å². The van der Waals surface area contributed by atoms with Crippen LogP contribution in [-0.4, -0.2) is 34.1 Å². The minimum absolute atomic E-state index is 0.233. The standard InChI is InChI=1S/C26H28N4O2/c1-3-29(4-2)14-8-15-30-17-28-26-23(25(30)27)22(21-11-7-16-31-21)20-13-12-18-9-5-6-10-19(18)24(20)32-26/h5-7,9-13,16-17,22,27H,3-4,8,14-15H2,1-2H3. The Morgan fingerprint density at radius 2 is 1.91 bits per heavy atom. The van der Waals surface area contributed by atoms with E-state index in [4.69, 9.17) is 14.6 Å². The zero-order valence-electron chi connectivity index (χ0n) is 18.5. The third-order valence-electron chi connectivity index (χ3n) is 6.39. The van der Waals surface area contributed by atoms with Crippen molar-refractivity contribution in [2.75, 3.05) is 19.6 Å². The molecular weight excluding hydrogens is 400 g/mol. The SMILES string of the molecule is CCN(CC)CCCn1cnc2c(c1=N)C(c1ccco1)c1ccc3ccccc3c1O2. The van der Waals surface area contributed by atoms with Gasteiger partial charge in [0.05, 0.1) is 17.7 Å². The zero-order chi connectivity index (χ0) is 22.1.